The fourth-order valence-electron chi connectivity index (χ4n) is 7.34. The molecule has 2 atom stereocenters. The first-order chi connectivity index (χ1) is 30.1. The number of hydrogen-bond donors (Lipinski definition) is 1. The largest absolute Gasteiger partial charge is 0.472 e. The fraction of sp³-hybridized carbons (Fsp3) is 0.868. The molecule has 1 N–H and O–H groups in total. The van der Waals surface area contributed by atoms with Crippen molar-refractivity contribution in [3.8, 4) is 0 Å². The van der Waals surface area contributed by atoms with Crippen LogP contribution in [0.3, 0.4) is 0 Å². The van der Waals surface area contributed by atoms with E-state index in [0.29, 0.717) is 24.1 Å². The number of esters is 1. The highest BCUT2D eigenvalue weighted by Crippen LogP contribution is 2.43. The van der Waals surface area contributed by atoms with Crippen LogP contribution in [-0.2, 0) is 27.9 Å². The van der Waals surface area contributed by atoms with Crippen LogP contribution in [0.1, 0.15) is 239 Å². The summed E-state index contributed by atoms with van der Waals surface area (Å²) in [5.41, 5.74) is 0. The summed E-state index contributed by atoms with van der Waals surface area (Å²) in [6.07, 6.45) is 56.1. The van der Waals surface area contributed by atoms with Gasteiger partial charge in [0.1, 0.15) is 19.3 Å². The van der Waals surface area contributed by atoms with E-state index in [1.54, 1.807) is 0 Å². The third-order valence-electron chi connectivity index (χ3n) is 11.4. The van der Waals surface area contributed by atoms with E-state index >= 15 is 0 Å². The Morgan fingerprint density at radius 2 is 0.887 bits per heavy atom. The van der Waals surface area contributed by atoms with Crippen LogP contribution >= 0.6 is 7.82 Å². The maximum absolute atomic E-state index is 12.8. The van der Waals surface area contributed by atoms with Crippen molar-refractivity contribution < 1.29 is 37.3 Å². The molecule has 0 aliphatic heterocycles. The molecule has 0 saturated carbocycles. The first kappa shape index (κ1) is 60.7. The van der Waals surface area contributed by atoms with Crippen LogP contribution in [0.25, 0.3) is 0 Å². The maximum atomic E-state index is 12.8. The molecule has 0 amide bonds. The molecular weight excluding hydrogens is 794 g/mol. The van der Waals surface area contributed by atoms with Gasteiger partial charge in [0.2, 0.25) is 0 Å². The molecule has 0 spiro atoms. The summed E-state index contributed by atoms with van der Waals surface area (Å²) in [6, 6.07) is 0. The van der Waals surface area contributed by atoms with E-state index in [-0.39, 0.29) is 25.8 Å². The minimum atomic E-state index is -4.28. The number of phosphoric ester groups is 1. The summed E-state index contributed by atoms with van der Waals surface area (Å²) in [4.78, 5) is 23.0. The second kappa shape index (κ2) is 46.3. The second-order valence-electron chi connectivity index (χ2n) is 18.9. The van der Waals surface area contributed by atoms with E-state index in [0.717, 1.165) is 38.5 Å². The monoisotopic (exact) mass is 897 g/mol. The van der Waals surface area contributed by atoms with Gasteiger partial charge in [-0.05, 0) is 70.6 Å². The van der Waals surface area contributed by atoms with Crippen LogP contribution in [-0.4, -0.2) is 75.6 Å². The normalized spacial score (nSPS) is 13.8. The van der Waals surface area contributed by atoms with Gasteiger partial charge in [0.15, 0.2) is 0 Å². The minimum Gasteiger partial charge on any atom is -0.457 e. The summed E-state index contributed by atoms with van der Waals surface area (Å²) in [5.74, 6) is -0.317. The van der Waals surface area contributed by atoms with E-state index < -0.39 is 13.9 Å². The summed E-state index contributed by atoms with van der Waals surface area (Å²) < 4.78 is 35.2. The van der Waals surface area contributed by atoms with Crippen LogP contribution in [0, 0.1) is 0 Å². The number of hydrogen-bond acceptors (Lipinski definition) is 6. The molecule has 8 nitrogen and oxygen atoms in total. The molecule has 62 heavy (non-hydrogen) atoms. The number of phosphoric acid groups is 1. The first-order valence-electron chi connectivity index (χ1n) is 26.2. The highest BCUT2D eigenvalue weighted by Gasteiger charge is 2.26. The molecule has 0 aliphatic rings. The molecule has 0 radical (unpaired) electrons. The molecule has 0 aliphatic carbocycles. The zero-order valence-corrected chi connectivity index (χ0v) is 42.5. The topological polar surface area (TPSA) is 91.3 Å². The third kappa shape index (κ3) is 49.7. The zero-order chi connectivity index (χ0) is 45.5. The lowest BCUT2D eigenvalue weighted by Gasteiger charge is -2.24. The summed E-state index contributed by atoms with van der Waals surface area (Å²) in [7, 11) is 1.67. The van der Waals surface area contributed by atoms with Gasteiger partial charge < -0.3 is 18.9 Å². The molecule has 9 heteroatoms. The lowest BCUT2D eigenvalue weighted by molar-refractivity contribution is -0.870. The van der Waals surface area contributed by atoms with Crippen molar-refractivity contribution in [2.24, 2.45) is 0 Å². The van der Waals surface area contributed by atoms with Crippen molar-refractivity contribution in [1.82, 2.24) is 0 Å². The Balaban J connectivity index is 4.13. The van der Waals surface area contributed by atoms with E-state index in [1.165, 1.54) is 180 Å². The smallest absolute Gasteiger partial charge is 0.457 e. The molecule has 0 heterocycles. The Kier molecular flexibility index (Phi) is 45.3. The van der Waals surface area contributed by atoms with E-state index in [9.17, 15) is 14.3 Å². The van der Waals surface area contributed by atoms with Gasteiger partial charge in [0.05, 0.1) is 34.4 Å². The van der Waals surface area contributed by atoms with Gasteiger partial charge in [-0.3, -0.25) is 13.8 Å². The van der Waals surface area contributed by atoms with Crippen molar-refractivity contribution in [2.75, 3.05) is 54.1 Å². The number of carbonyl (C=O) groups is 1. The van der Waals surface area contributed by atoms with Gasteiger partial charge in [-0.25, -0.2) is 4.57 Å². The van der Waals surface area contributed by atoms with Gasteiger partial charge in [-0.1, -0.05) is 198 Å². The van der Waals surface area contributed by atoms with Crippen LogP contribution in [0.5, 0.6) is 0 Å². The molecule has 0 aromatic heterocycles. The molecule has 0 saturated heterocycles. The lowest BCUT2D eigenvalue weighted by Crippen LogP contribution is -2.37. The number of allylic oxidation sites excluding steroid dienone is 6. The van der Waals surface area contributed by atoms with Gasteiger partial charge in [0.25, 0.3) is 0 Å². The predicted octanol–water partition coefficient (Wildman–Crippen LogP) is 16.1. The molecule has 366 valence electrons. The zero-order valence-electron chi connectivity index (χ0n) is 41.6. The van der Waals surface area contributed by atoms with Crippen molar-refractivity contribution in [1.29, 1.82) is 0 Å². The van der Waals surface area contributed by atoms with Crippen molar-refractivity contribution in [3.05, 3.63) is 36.5 Å². The number of likely N-dealkylation sites (N-methyl/N-ethyl adjacent to an activating group) is 1. The van der Waals surface area contributed by atoms with E-state index in [2.05, 4.69) is 50.3 Å². The SMILES string of the molecule is CCCCCCC/C=C\C/C=C\CCCCCCCCCCCCOCC(COP(=O)(O)OCC[N+](C)(C)C)OC(=O)CCCCCCCCC/C=C\CCCCCCCCC. The lowest BCUT2D eigenvalue weighted by atomic mass is 10.1. The Morgan fingerprint density at radius 3 is 1.32 bits per heavy atom. The Bertz CT molecular complexity index is 1090. The molecule has 0 rings (SSSR count). The van der Waals surface area contributed by atoms with Crippen LogP contribution in [0.15, 0.2) is 36.5 Å². The third-order valence-corrected chi connectivity index (χ3v) is 12.4. The fourth-order valence-corrected chi connectivity index (χ4v) is 8.09. The number of quaternary nitrogens is 1. The predicted molar refractivity (Wildman–Crippen MR) is 266 cm³/mol. The Labute approximate surface area is 385 Å². The van der Waals surface area contributed by atoms with E-state index in [1.807, 2.05) is 21.1 Å². The average Bonchev–Trinajstić information content (AvgIpc) is 3.23. The number of nitrogens with zero attached hydrogens (tertiary/aromatic N) is 1. The van der Waals surface area contributed by atoms with Crippen molar-refractivity contribution in [2.45, 2.75) is 245 Å². The summed E-state index contributed by atoms with van der Waals surface area (Å²) in [6.45, 7) is 5.63. The van der Waals surface area contributed by atoms with Gasteiger partial charge in [-0.15, -0.1) is 0 Å². The molecule has 0 bridgehead atoms. The average molecular weight is 897 g/mol. The number of unbranched alkanes of at least 4 members (excludes halogenated alkanes) is 29. The van der Waals surface area contributed by atoms with Crippen molar-refractivity contribution >= 4 is 13.8 Å². The molecule has 0 aromatic rings. The van der Waals surface area contributed by atoms with Crippen LogP contribution in [0.2, 0.25) is 0 Å². The van der Waals surface area contributed by atoms with E-state index in [4.69, 9.17) is 18.5 Å². The molecule has 0 fully saturated rings. The standard InChI is InChI=1S/C53H102NO7P/c1-6-8-10-12-14-16-18-20-22-24-26-27-28-29-31-33-35-37-39-41-43-45-48-58-50-52(51-60-62(56,57)59-49-47-54(3,4)5)61-53(55)46-44-42-40-38-36-34-32-30-25-23-21-19-17-15-13-11-9-7-2/h18,20,23-26,52H,6-17,19,21-22,27-51H2,1-5H3/p+1/b20-18-,25-23-,26-24-. The summed E-state index contributed by atoms with van der Waals surface area (Å²) >= 11 is 0. The molecule has 2 unspecified atom stereocenters. The minimum absolute atomic E-state index is 0.0876. The highest BCUT2D eigenvalue weighted by molar-refractivity contribution is 7.47. The second-order valence-corrected chi connectivity index (χ2v) is 20.4. The number of rotatable bonds is 49. The number of ether oxygens (including phenoxy) is 2. The Hall–Kier alpha value is -1.28. The molecular formula is C53H103NO7P+. The van der Waals surface area contributed by atoms with Gasteiger partial charge in [-0.2, -0.15) is 0 Å². The van der Waals surface area contributed by atoms with Crippen molar-refractivity contribution in [3.63, 3.8) is 0 Å². The Morgan fingerprint density at radius 1 is 0.500 bits per heavy atom. The van der Waals surface area contributed by atoms with Crippen LogP contribution in [0.4, 0.5) is 0 Å². The number of carbonyl (C=O) groups excluding carboxylic acids is 1. The summed E-state index contributed by atoms with van der Waals surface area (Å²) in [5, 5.41) is 0. The molecule has 0 aromatic carbocycles. The van der Waals surface area contributed by atoms with Crippen LogP contribution < -0.4 is 0 Å². The first-order valence-corrected chi connectivity index (χ1v) is 27.7. The highest BCUT2D eigenvalue weighted by atomic mass is 31.2. The quantitative estimate of drug-likeness (QED) is 0.0214. The maximum Gasteiger partial charge on any atom is 0.472 e. The van der Waals surface area contributed by atoms with Gasteiger partial charge in [0, 0.05) is 13.0 Å². The van der Waals surface area contributed by atoms with Gasteiger partial charge >= 0.3 is 13.8 Å².